The smallest absolute Gasteiger partial charge is 0.142 e. The molecule has 0 radical (unpaired) electrons. The molecule has 3 nitrogen and oxygen atoms in total. The molecule has 0 aromatic heterocycles. The SMILES string of the molecule is Cc1cc(N)c(OC(C)C)cc1[C@H]1CC[C@H](N2CCCC2)CC1. The maximum Gasteiger partial charge on any atom is 0.142 e. The number of benzene rings is 1. The molecule has 1 saturated carbocycles. The van der Waals surface area contributed by atoms with Gasteiger partial charge in [-0.1, -0.05) is 0 Å². The number of aryl methyl sites for hydroxylation is 1. The highest BCUT2D eigenvalue weighted by Gasteiger charge is 2.29. The average Bonchev–Trinajstić information content (AvgIpc) is 3.04. The van der Waals surface area contributed by atoms with Crippen molar-refractivity contribution in [2.24, 2.45) is 0 Å². The first-order chi connectivity index (χ1) is 11.0. The van der Waals surface area contributed by atoms with E-state index in [1.807, 2.05) is 0 Å². The molecule has 2 aliphatic rings. The fourth-order valence-corrected chi connectivity index (χ4v) is 4.38. The minimum Gasteiger partial charge on any atom is -0.489 e. The lowest BCUT2D eigenvalue weighted by Gasteiger charge is -2.35. The van der Waals surface area contributed by atoms with Gasteiger partial charge in [0.05, 0.1) is 11.8 Å². The first-order valence-electron chi connectivity index (χ1n) is 9.35. The van der Waals surface area contributed by atoms with Crippen molar-refractivity contribution in [3.8, 4) is 5.75 Å². The molecule has 1 heterocycles. The molecule has 2 N–H and O–H groups in total. The largest absolute Gasteiger partial charge is 0.489 e. The van der Waals surface area contributed by atoms with Crippen LogP contribution in [0.4, 0.5) is 5.69 Å². The molecule has 0 amide bonds. The molecular formula is C20H32N2O. The lowest BCUT2D eigenvalue weighted by atomic mass is 9.79. The van der Waals surface area contributed by atoms with Gasteiger partial charge in [0.1, 0.15) is 5.75 Å². The van der Waals surface area contributed by atoms with Crippen LogP contribution < -0.4 is 10.5 Å². The highest BCUT2D eigenvalue weighted by Crippen LogP contribution is 2.39. The fraction of sp³-hybridized carbons (Fsp3) is 0.700. The van der Waals surface area contributed by atoms with Crippen molar-refractivity contribution in [2.75, 3.05) is 18.8 Å². The molecule has 23 heavy (non-hydrogen) atoms. The van der Waals surface area contributed by atoms with Gasteiger partial charge in [-0.15, -0.1) is 0 Å². The van der Waals surface area contributed by atoms with E-state index >= 15 is 0 Å². The van der Waals surface area contributed by atoms with Crippen molar-refractivity contribution in [2.45, 2.75) is 77.4 Å². The molecule has 1 aromatic rings. The van der Waals surface area contributed by atoms with Crippen molar-refractivity contribution in [3.05, 3.63) is 23.3 Å². The van der Waals surface area contributed by atoms with Crippen molar-refractivity contribution in [1.82, 2.24) is 4.90 Å². The van der Waals surface area contributed by atoms with Crippen molar-refractivity contribution in [3.63, 3.8) is 0 Å². The van der Waals surface area contributed by atoms with Gasteiger partial charge in [0.25, 0.3) is 0 Å². The number of nitrogen functional groups attached to an aromatic ring is 1. The van der Waals surface area contributed by atoms with E-state index in [0.29, 0.717) is 5.92 Å². The quantitative estimate of drug-likeness (QED) is 0.832. The van der Waals surface area contributed by atoms with Crippen LogP contribution in [-0.4, -0.2) is 30.1 Å². The third-order valence-electron chi connectivity index (χ3n) is 5.55. The first-order valence-corrected chi connectivity index (χ1v) is 9.35. The second-order valence-electron chi connectivity index (χ2n) is 7.66. The standard InChI is InChI=1S/C20H32N2O/c1-14(2)23-20-13-18(15(3)12-19(20)21)16-6-8-17(9-7-16)22-10-4-5-11-22/h12-14,16-17H,4-11,21H2,1-3H3/t16-,17-. The van der Waals surface area contributed by atoms with Gasteiger partial charge in [0.15, 0.2) is 0 Å². The van der Waals surface area contributed by atoms with E-state index in [-0.39, 0.29) is 6.10 Å². The van der Waals surface area contributed by atoms with Crippen LogP contribution in [-0.2, 0) is 0 Å². The van der Waals surface area contributed by atoms with Crippen LogP contribution in [0.1, 0.15) is 69.4 Å². The minimum absolute atomic E-state index is 0.166. The summed E-state index contributed by atoms with van der Waals surface area (Å²) in [7, 11) is 0. The van der Waals surface area contributed by atoms with Gasteiger partial charge in [-0.05, 0) is 102 Å². The normalized spacial score (nSPS) is 25.9. The number of hydrogen-bond acceptors (Lipinski definition) is 3. The number of nitrogens with zero attached hydrogens (tertiary/aromatic N) is 1. The van der Waals surface area contributed by atoms with Gasteiger partial charge < -0.3 is 15.4 Å². The van der Waals surface area contributed by atoms with Crippen molar-refractivity contribution >= 4 is 5.69 Å². The summed E-state index contributed by atoms with van der Waals surface area (Å²) in [4.78, 5) is 2.72. The van der Waals surface area contributed by atoms with Gasteiger partial charge in [-0.25, -0.2) is 0 Å². The number of likely N-dealkylation sites (tertiary alicyclic amines) is 1. The van der Waals surface area contributed by atoms with E-state index in [0.717, 1.165) is 17.5 Å². The van der Waals surface area contributed by atoms with E-state index in [2.05, 4.69) is 37.8 Å². The summed E-state index contributed by atoms with van der Waals surface area (Å²) >= 11 is 0. The Hall–Kier alpha value is -1.22. The molecule has 3 rings (SSSR count). The zero-order valence-electron chi connectivity index (χ0n) is 15.0. The predicted molar refractivity (Wildman–Crippen MR) is 97.2 cm³/mol. The fourth-order valence-electron chi connectivity index (χ4n) is 4.38. The lowest BCUT2D eigenvalue weighted by Crippen LogP contribution is -2.35. The summed E-state index contributed by atoms with van der Waals surface area (Å²) in [5.41, 5.74) is 9.69. The van der Waals surface area contributed by atoms with Crippen LogP contribution in [0.15, 0.2) is 12.1 Å². The molecule has 0 spiro atoms. The van der Waals surface area contributed by atoms with Crippen LogP contribution in [0.2, 0.25) is 0 Å². The molecule has 2 fully saturated rings. The summed E-state index contributed by atoms with van der Waals surface area (Å²) in [5, 5.41) is 0. The summed E-state index contributed by atoms with van der Waals surface area (Å²) in [6, 6.07) is 5.14. The van der Waals surface area contributed by atoms with E-state index in [9.17, 15) is 0 Å². The Bertz CT molecular complexity index is 527. The Balaban J connectivity index is 1.69. The molecule has 1 aliphatic carbocycles. The zero-order valence-corrected chi connectivity index (χ0v) is 15.0. The van der Waals surface area contributed by atoms with Crippen molar-refractivity contribution in [1.29, 1.82) is 0 Å². The molecule has 128 valence electrons. The van der Waals surface area contributed by atoms with Gasteiger partial charge in [-0.3, -0.25) is 0 Å². The number of hydrogen-bond donors (Lipinski definition) is 1. The van der Waals surface area contributed by atoms with Gasteiger partial charge in [0, 0.05) is 6.04 Å². The number of ether oxygens (including phenoxy) is 1. The van der Waals surface area contributed by atoms with E-state index in [1.165, 1.54) is 62.7 Å². The number of anilines is 1. The average molecular weight is 316 g/mol. The summed E-state index contributed by atoms with van der Waals surface area (Å²) < 4.78 is 5.90. The monoisotopic (exact) mass is 316 g/mol. The van der Waals surface area contributed by atoms with Crippen LogP contribution in [0.5, 0.6) is 5.75 Å². The predicted octanol–water partition coefficient (Wildman–Crippen LogP) is 4.49. The molecule has 1 aliphatic heterocycles. The molecule has 0 unspecified atom stereocenters. The Labute approximate surface area is 141 Å². The molecule has 3 heteroatoms. The van der Waals surface area contributed by atoms with Crippen LogP contribution in [0, 0.1) is 6.92 Å². The Morgan fingerprint density at radius 3 is 2.35 bits per heavy atom. The van der Waals surface area contributed by atoms with Crippen LogP contribution in [0.3, 0.4) is 0 Å². The summed E-state index contributed by atoms with van der Waals surface area (Å²) in [6.45, 7) is 8.95. The molecule has 0 atom stereocenters. The minimum atomic E-state index is 0.166. The zero-order chi connectivity index (χ0) is 16.4. The van der Waals surface area contributed by atoms with Gasteiger partial charge in [0.2, 0.25) is 0 Å². The van der Waals surface area contributed by atoms with E-state index in [1.54, 1.807) is 0 Å². The number of rotatable bonds is 4. The maximum absolute atomic E-state index is 6.14. The third-order valence-corrected chi connectivity index (χ3v) is 5.55. The van der Waals surface area contributed by atoms with E-state index < -0.39 is 0 Å². The Kier molecular flexibility index (Phi) is 5.15. The first kappa shape index (κ1) is 16.6. The molecular weight excluding hydrogens is 284 g/mol. The summed E-state index contributed by atoms with van der Waals surface area (Å²) in [6.07, 6.45) is 8.24. The Morgan fingerprint density at radius 1 is 1.09 bits per heavy atom. The summed E-state index contributed by atoms with van der Waals surface area (Å²) in [5.74, 6) is 1.53. The highest BCUT2D eigenvalue weighted by atomic mass is 16.5. The highest BCUT2D eigenvalue weighted by molar-refractivity contribution is 5.57. The van der Waals surface area contributed by atoms with Gasteiger partial charge in [-0.2, -0.15) is 0 Å². The Morgan fingerprint density at radius 2 is 1.74 bits per heavy atom. The molecule has 1 aromatic carbocycles. The third kappa shape index (κ3) is 3.82. The second kappa shape index (κ2) is 7.12. The van der Waals surface area contributed by atoms with Crippen molar-refractivity contribution < 1.29 is 4.74 Å². The van der Waals surface area contributed by atoms with Crippen LogP contribution in [0.25, 0.3) is 0 Å². The lowest BCUT2D eigenvalue weighted by molar-refractivity contribution is 0.181. The molecule has 1 saturated heterocycles. The number of nitrogens with two attached hydrogens (primary N) is 1. The molecule has 0 bridgehead atoms. The topological polar surface area (TPSA) is 38.5 Å². The second-order valence-corrected chi connectivity index (χ2v) is 7.66. The van der Waals surface area contributed by atoms with Gasteiger partial charge >= 0.3 is 0 Å². The maximum atomic E-state index is 6.14. The van der Waals surface area contributed by atoms with E-state index in [4.69, 9.17) is 10.5 Å². The van der Waals surface area contributed by atoms with Crippen LogP contribution >= 0.6 is 0 Å².